The van der Waals surface area contributed by atoms with Crippen LogP contribution in [-0.2, 0) is 57.1 Å². The topological polar surface area (TPSA) is 442 Å². The lowest BCUT2D eigenvalue weighted by Crippen LogP contribution is -2.68. The molecule has 28 nitrogen and oxygen atoms in total. The fourth-order valence-electron chi connectivity index (χ4n) is 14.5. The number of carbonyl (C=O) groups excluding carboxylic acids is 1. The Labute approximate surface area is 435 Å². The number of rotatable bonds is 14. The first-order valence-corrected chi connectivity index (χ1v) is 26.0. The minimum absolute atomic E-state index is 0.0587. The number of hydrogen-bond donors (Lipinski definition) is 16. The third-order valence-corrected chi connectivity index (χ3v) is 18.6. The van der Waals surface area contributed by atoms with Crippen LogP contribution >= 0.6 is 0 Å². The van der Waals surface area contributed by atoms with Crippen LogP contribution < -0.4 is 0 Å². The first-order chi connectivity index (χ1) is 35.9. The molecule has 9 fully saturated rings. The third kappa shape index (κ3) is 10.0. The lowest BCUT2D eigenvalue weighted by Gasteiger charge is -2.64. The summed E-state index contributed by atoms with van der Waals surface area (Å²) in [5.41, 5.74) is -2.76. The number of hydrogen-bond acceptors (Lipinski definition) is 28. The zero-order valence-electron chi connectivity index (χ0n) is 42.0. The van der Waals surface area contributed by atoms with Gasteiger partial charge in [-0.1, -0.05) is 19.9 Å². The Kier molecular flexibility index (Phi) is 17.4. The number of esters is 1. The van der Waals surface area contributed by atoms with E-state index in [0.717, 1.165) is 0 Å². The minimum atomic E-state index is -2.06. The molecule has 4 aliphatic carbocycles. The molecule has 5 heterocycles. The van der Waals surface area contributed by atoms with Gasteiger partial charge in [0.05, 0.1) is 37.4 Å². The van der Waals surface area contributed by atoms with Crippen molar-refractivity contribution < 1.29 is 139 Å². The van der Waals surface area contributed by atoms with Gasteiger partial charge < -0.3 is 124 Å². The molecule has 0 radical (unpaired) electrons. The summed E-state index contributed by atoms with van der Waals surface area (Å²) in [5, 5.41) is 169. The maximum atomic E-state index is 14.8. The molecule has 0 amide bonds. The molecule has 76 heavy (non-hydrogen) atoms. The molecule has 9 aliphatic rings. The van der Waals surface area contributed by atoms with Crippen LogP contribution in [0.5, 0.6) is 0 Å². The van der Waals surface area contributed by atoms with E-state index in [-0.39, 0.29) is 11.8 Å². The Morgan fingerprint density at radius 3 is 1.76 bits per heavy atom. The normalized spacial score (nSPS) is 54.6. The van der Waals surface area contributed by atoms with Gasteiger partial charge in [0.2, 0.25) is 12.6 Å². The third-order valence-electron chi connectivity index (χ3n) is 18.6. The number of aliphatic hydroxyl groups excluding tert-OH is 15. The van der Waals surface area contributed by atoms with Crippen molar-refractivity contribution in [2.45, 2.75) is 225 Å². The van der Waals surface area contributed by atoms with Crippen molar-refractivity contribution in [2.75, 3.05) is 26.4 Å². The fourth-order valence-corrected chi connectivity index (χ4v) is 14.5. The smallest absolute Gasteiger partial charge is 0.314 e. The quantitative estimate of drug-likeness (QED) is 0.0253. The van der Waals surface area contributed by atoms with Crippen molar-refractivity contribution in [3.8, 4) is 0 Å². The van der Waals surface area contributed by atoms with Crippen LogP contribution in [0.4, 0.5) is 0 Å². The predicted molar refractivity (Wildman–Crippen MR) is 242 cm³/mol. The molecule has 28 heteroatoms. The van der Waals surface area contributed by atoms with Gasteiger partial charge in [-0.25, -0.2) is 10.1 Å². The van der Waals surface area contributed by atoms with E-state index in [1.807, 2.05) is 0 Å². The van der Waals surface area contributed by atoms with Gasteiger partial charge in [-0.15, -0.1) is 0 Å². The molecular weight excluding hydrogens is 1020 g/mol. The number of aliphatic hydroxyl groups is 15. The standard InChI is InChI=1S/C48H76O28/c1-17-11-47-9-5-22-45(2,7-4-8-46(22,3)44(64)74-42-36(30(59)26(55)20(13-50)68-42)71-38-31(60)24(53)18(52)15-66-38)23(47)6-10-48(17,16-47)75-43-37(72-39-32(61)28(57)25(54)19(12-49)67-39)35(27(56)21(14-51)69-43)70-40-33(62)29(58)34(63)41(73-40)76-65/h18-43,49-63,65H,1,4-16H2,2-3H3/t18-,19+,20+,21+,22-,23-,24+,25+,26+,27+,28-,29+,30-,31-,32+,33+,34-,35?,36+,37+,38+,39?,40+,41+,42-,43-,45+,46+,47+,48-/m0/s1. The molecule has 2 bridgehead atoms. The van der Waals surface area contributed by atoms with Crippen LogP contribution in [0.2, 0.25) is 0 Å². The van der Waals surface area contributed by atoms with E-state index in [0.29, 0.717) is 63.4 Å². The molecule has 0 aromatic heterocycles. The summed E-state index contributed by atoms with van der Waals surface area (Å²) in [5.74, 6) is -1.07. The Balaban J connectivity index is 0.969. The van der Waals surface area contributed by atoms with Crippen molar-refractivity contribution in [1.82, 2.24) is 0 Å². The van der Waals surface area contributed by atoms with Crippen molar-refractivity contribution >= 4 is 5.97 Å². The van der Waals surface area contributed by atoms with E-state index in [1.54, 1.807) is 6.92 Å². The zero-order chi connectivity index (χ0) is 55.1. The predicted octanol–water partition coefficient (Wildman–Crippen LogP) is -6.20. The van der Waals surface area contributed by atoms with Crippen LogP contribution in [0, 0.1) is 28.1 Å². The van der Waals surface area contributed by atoms with Crippen LogP contribution in [-0.4, -0.2) is 267 Å². The average molecular weight is 1100 g/mol. The highest BCUT2D eigenvalue weighted by atomic mass is 17.1. The molecule has 436 valence electrons. The van der Waals surface area contributed by atoms with Gasteiger partial charge >= 0.3 is 5.97 Å². The van der Waals surface area contributed by atoms with Gasteiger partial charge in [-0.3, -0.25) is 4.79 Å². The second-order valence-corrected chi connectivity index (χ2v) is 22.9. The van der Waals surface area contributed by atoms with Crippen molar-refractivity contribution in [3.05, 3.63) is 12.2 Å². The highest BCUT2D eigenvalue weighted by molar-refractivity contribution is 5.77. The van der Waals surface area contributed by atoms with Crippen molar-refractivity contribution in [2.24, 2.45) is 28.1 Å². The van der Waals surface area contributed by atoms with Gasteiger partial charge in [0, 0.05) is 0 Å². The minimum Gasteiger partial charge on any atom is -0.432 e. The van der Waals surface area contributed by atoms with E-state index >= 15 is 0 Å². The molecule has 2 unspecified atom stereocenters. The molecule has 5 aliphatic heterocycles. The Bertz CT molecular complexity index is 2020. The van der Waals surface area contributed by atoms with Crippen molar-refractivity contribution in [1.29, 1.82) is 0 Å². The summed E-state index contributed by atoms with van der Waals surface area (Å²) in [7, 11) is 0. The van der Waals surface area contributed by atoms with Crippen LogP contribution in [0.1, 0.15) is 71.6 Å². The lowest BCUT2D eigenvalue weighted by atomic mass is 9.41. The van der Waals surface area contributed by atoms with E-state index in [1.165, 1.54) is 0 Å². The fraction of sp³-hybridized carbons (Fsp3) is 0.938. The Morgan fingerprint density at radius 2 is 1.11 bits per heavy atom. The van der Waals surface area contributed by atoms with Crippen molar-refractivity contribution in [3.63, 3.8) is 0 Å². The lowest BCUT2D eigenvalue weighted by molar-refractivity contribution is -0.444. The molecule has 16 N–H and O–H groups in total. The van der Waals surface area contributed by atoms with Crippen LogP contribution in [0.3, 0.4) is 0 Å². The van der Waals surface area contributed by atoms with E-state index in [4.69, 9.17) is 47.4 Å². The first kappa shape index (κ1) is 58.8. The summed E-state index contributed by atoms with van der Waals surface area (Å²) in [6.45, 7) is 5.52. The summed E-state index contributed by atoms with van der Waals surface area (Å²) < 4.78 is 59.7. The summed E-state index contributed by atoms with van der Waals surface area (Å²) >= 11 is 0. The maximum absolute atomic E-state index is 14.8. The molecule has 1 spiro atoms. The average Bonchev–Trinajstić information content (AvgIpc) is 3.71. The highest BCUT2D eigenvalue weighted by Gasteiger charge is 2.70. The molecular formula is C48H76O28. The second-order valence-electron chi connectivity index (χ2n) is 22.9. The summed E-state index contributed by atoms with van der Waals surface area (Å²) in [6.07, 6.45) is -38.6. The first-order valence-electron chi connectivity index (χ1n) is 26.0. The van der Waals surface area contributed by atoms with Gasteiger partial charge in [0.15, 0.2) is 31.3 Å². The summed E-state index contributed by atoms with van der Waals surface area (Å²) in [4.78, 5) is 19.0. The molecule has 4 saturated carbocycles. The van der Waals surface area contributed by atoms with Gasteiger partial charge in [0.25, 0.3) is 0 Å². The Hall–Kier alpha value is -1.83. The van der Waals surface area contributed by atoms with Gasteiger partial charge in [-0.2, -0.15) is 0 Å². The zero-order valence-corrected chi connectivity index (χ0v) is 42.0. The van der Waals surface area contributed by atoms with Gasteiger partial charge in [-0.05, 0) is 86.5 Å². The molecule has 0 aromatic carbocycles. The highest BCUT2D eigenvalue weighted by Crippen LogP contribution is 2.74. The largest absolute Gasteiger partial charge is 0.432 e. The maximum Gasteiger partial charge on any atom is 0.314 e. The van der Waals surface area contributed by atoms with E-state index in [9.17, 15) is 86.6 Å². The SMILES string of the molecule is C=C1C[C@@]23CC[C@H]4[C@@](C)(CCC[C@@]4(C)C(=O)O[C@@H]4O[C@H](CO)[C@@H](O)[C@H](O)[C@H]4O[C@H]4OC[C@H](O)[C@@H](O)[C@@H]4O)[C@@H]2CC[C@]1(O[C@@H]1O[C@H](CO)[C@@H](O)C(O[C@@H]2O[C@H](OO)[C@@H](O)[C@H](O)[C@H]2O)[C@H]1OC1O[C@H](CO)[C@@H](O)[C@H](O)[C@H]1O)C3. The van der Waals surface area contributed by atoms with E-state index in [2.05, 4.69) is 18.4 Å². The van der Waals surface area contributed by atoms with Gasteiger partial charge in [0.1, 0.15) is 104 Å². The van der Waals surface area contributed by atoms with Crippen LogP contribution in [0.25, 0.3) is 0 Å². The molecule has 5 saturated heterocycles. The monoisotopic (exact) mass is 1100 g/mol. The molecule has 0 aromatic rings. The number of carbonyl (C=O) groups is 1. The Morgan fingerprint density at radius 1 is 0.566 bits per heavy atom. The number of fused-ring (bicyclic) bond motifs is 3. The number of ether oxygens (including phenoxy) is 10. The molecule has 30 atom stereocenters. The second kappa shape index (κ2) is 22.5. The molecule has 9 rings (SSSR count). The van der Waals surface area contributed by atoms with Crippen LogP contribution in [0.15, 0.2) is 12.2 Å². The van der Waals surface area contributed by atoms with E-state index < -0.39 is 202 Å². The summed E-state index contributed by atoms with van der Waals surface area (Å²) in [6, 6.07) is 0.